The van der Waals surface area contributed by atoms with Crippen LogP contribution in [-0.4, -0.2) is 216 Å². The average molecular weight is 2000 g/mol. The fourth-order valence-electron chi connectivity index (χ4n) is 19.3. The molecule has 8 atom stereocenters. The smallest absolute Gasteiger partial charge is 0.373 e. The van der Waals surface area contributed by atoms with Gasteiger partial charge in [0.1, 0.15) is 33.2 Å². The van der Waals surface area contributed by atoms with Gasteiger partial charge in [-0.2, -0.15) is 9.59 Å². The molecule has 0 saturated heterocycles. The molecule has 8 aliphatic rings. The first-order valence-corrected chi connectivity index (χ1v) is 49.3. The highest BCUT2D eigenvalue weighted by molar-refractivity contribution is 6.20. The third-order valence-corrected chi connectivity index (χ3v) is 28.5. The van der Waals surface area contributed by atoms with Gasteiger partial charge in [0.15, 0.2) is 0 Å². The van der Waals surface area contributed by atoms with Crippen LogP contribution in [0.15, 0.2) is 140 Å². The van der Waals surface area contributed by atoms with Crippen LogP contribution in [0, 0.1) is 0 Å². The Morgan fingerprint density at radius 3 is 1.20 bits per heavy atom. The zero-order valence-electron chi connectivity index (χ0n) is 75.0. The Morgan fingerprint density at radius 2 is 0.752 bits per heavy atom. The number of carboxylic acid groups (broad SMARTS) is 6. The molecule has 726 valence electrons. The lowest BCUT2D eigenvalue weighted by atomic mass is 9.74. The number of fused-ring (bicyclic) bond motifs is 11. The number of benzene rings is 7. The van der Waals surface area contributed by atoms with Gasteiger partial charge in [-0.05, 0) is 252 Å². The van der Waals surface area contributed by atoms with Crippen molar-refractivity contribution in [2.45, 2.75) is 211 Å². The van der Waals surface area contributed by atoms with E-state index in [1.807, 2.05) is 89.8 Å². The third kappa shape index (κ3) is 28.9. The van der Waals surface area contributed by atoms with E-state index < -0.39 is 69.0 Å². The number of nitrogens with two attached hydrogens (primary N) is 7. The van der Waals surface area contributed by atoms with Crippen LogP contribution < -0.4 is 54.8 Å². The van der Waals surface area contributed by atoms with Crippen molar-refractivity contribution in [1.82, 2.24) is 0 Å². The van der Waals surface area contributed by atoms with Crippen molar-refractivity contribution in [2.24, 2.45) is 40.1 Å². The largest absolute Gasteiger partial charge is 0.480 e. The monoisotopic (exact) mass is 1990 g/mol. The molecule has 7 aromatic rings. The molecule has 0 aromatic heterocycles. The van der Waals surface area contributed by atoms with Crippen LogP contribution in [0.4, 0.5) is 17.1 Å². The van der Waals surface area contributed by atoms with Crippen LogP contribution in [0.3, 0.4) is 0 Å². The summed E-state index contributed by atoms with van der Waals surface area (Å²) in [6.07, 6.45) is 15.6. The first kappa shape index (κ1) is 110. The molecule has 22 N–H and O–H groups in total. The van der Waals surface area contributed by atoms with E-state index in [0.29, 0.717) is 181 Å². The molecule has 1 fully saturated rings. The van der Waals surface area contributed by atoms with Gasteiger partial charge >= 0.3 is 42.0 Å². The first-order chi connectivity index (χ1) is 63.4. The number of nitrogens with zero attached hydrogens (tertiary/aromatic N) is 3. The Kier molecular flexibility index (Phi) is 43.2. The summed E-state index contributed by atoms with van der Waals surface area (Å²) < 4.78 is 0. The van der Waals surface area contributed by atoms with Crippen LogP contribution in [0.2, 0.25) is 0 Å². The van der Waals surface area contributed by atoms with Crippen LogP contribution in [0.25, 0.3) is 0 Å². The number of halogens is 8. The molecule has 0 aliphatic heterocycles. The van der Waals surface area contributed by atoms with Crippen molar-refractivity contribution < 1.29 is 79.2 Å². The molecular weight excluding hydrogens is 1870 g/mol. The Bertz CT molecular complexity index is 4950. The molecule has 133 heavy (non-hydrogen) atoms. The minimum Gasteiger partial charge on any atom is -0.480 e. The van der Waals surface area contributed by atoms with Crippen LogP contribution >= 0.6 is 92.8 Å². The second-order valence-electron chi connectivity index (χ2n) is 35.7. The van der Waals surface area contributed by atoms with Gasteiger partial charge in [0.2, 0.25) is 0 Å². The maximum absolute atomic E-state index is 11.5. The minimum absolute atomic E-state index is 0.00691. The fourth-order valence-corrected chi connectivity index (χ4v) is 21.2. The van der Waals surface area contributed by atoms with E-state index in [-0.39, 0.29) is 37.2 Å². The number of hydrogen-bond acceptors (Lipinski definition) is 20. The van der Waals surface area contributed by atoms with Crippen molar-refractivity contribution in [1.29, 1.82) is 0 Å². The predicted molar refractivity (Wildman–Crippen MR) is 528 cm³/mol. The van der Waals surface area contributed by atoms with Crippen LogP contribution in [-0.2, 0) is 109 Å². The summed E-state index contributed by atoms with van der Waals surface area (Å²) in [6, 6.07) is 47.0. The van der Waals surface area contributed by atoms with E-state index in [1.54, 1.807) is 0 Å². The van der Waals surface area contributed by atoms with Gasteiger partial charge in [0.25, 0.3) is 0 Å². The average Bonchev–Trinajstić information content (AvgIpc) is 1.57. The fraction of sp³-hybridized carbons (Fsp3) is 0.505. The summed E-state index contributed by atoms with van der Waals surface area (Å²) in [5.74, 6) is 0.111. The lowest BCUT2D eigenvalue weighted by Gasteiger charge is -2.33. The number of carbonyl (C=O) groups is 6. The predicted octanol–water partition coefficient (Wildman–Crippen LogP) is 13.3. The van der Waals surface area contributed by atoms with E-state index in [9.17, 15) is 54.3 Å². The normalized spacial score (nSPS) is 21.8. The van der Waals surface area contributed by atoms with Gasteiger partial charge in [0.05, 0.1) is 13.2 Å². The molecule has 8 aliphatic carbocycles. The summed E-state index contributed by atoms with van der Waals surface area (Å²) in [7, 11) is 0. The van der Waals surface area contributed by atoms with E-state index in [4.69, 9.17) is 158 Å². The molecule has 1 saturated carbocycles. The number of carboxylic acids is 6. The second kappa shape index (κ2) is 52.0. The van der Waals surface area contributed by atoms with E-state index in [2.05, 4.69) is 64.4 Å². The molecule has 0 spiro atoms. The van der Waals surface area contributed by atoms with E-state index >= 15 is 0 Å². The zero-order valence-corrected chi connectivity index (χ0v) is 81.0. The maximum atomic E-state index is 11.5. The molecule has 0 radical (unpaired) electrons. The second-order valence-corrected chi connectivity index (χ2v) is 38.7. The van der Waals surface area contributed by atoms with Crippen molar-refractivity contribution in [2.75, 3.05) is 114 Å². The SMILES string of the molecule is NC1(C(=O)O)CC2CC1c1ccccc12.NC1(C(=O)O)CCc2cc(C(CCCl)CCCl)ccc2C1.NC1(C(=O)O)CCc2ccc(N(CCCl)CCCl)cc2C1.NC1(C(=O)O)CCc2ccc(N(CCO)CCO)cc2C1.NC1(C(=O)O)CCc2cccc(C(CCCl)CCCl)c2C1.NC1(C(=O)O)Cc2ccccc2C1.NC1CCCc2ccc(N(CCCl)CCCl)cc21.O=C=O. The molecule has 8 unspecified atom stereocenters. The highest BCUT2D eigenvalue weighted by Gasteiger charge is 2.56. The number of aliphatic hydroxyl groups is 2. The van der Waals surface area contributed by atoms with Gasteiger partial charge < -0.3 is 95.7 Å². The summed E-state index contributed by atoms with van der Waals surface area (Å²) in [5.41, 5.74) is 56.8. The number of aryl methyl sites for hydroxylation is 5. The van der Waals surface area contributed by atoms with Crippen molar-refractivity contribution in [3.05, 3.63) is 229 Å². The Balaban J connectivity index is 0.000000191. The van der Waals surface area contributed by atoms with E-state index in [0.717, 1.165) is 114 Å². The van der Waals surface area contributed by atoms with Crippen LogP contribution in [0.5, 0.6) is 0 Å². The maximum Gasteiger partial charge on any atom is 0.373 e. The standard InChI is InChI=1S/2C16H21Cl2NO2.C15H20Cl2N2O2.C15H22N2O4.C14H20Cl2N2.C12H13NO2.C10H11NO2.CO2/c17-7-4-11(5-8-18)12-1-2-14-10-16(19,15(20)21)6-3-13(14)9-12;17-8-5-12(6-9-18)13-3-1-2-11-4-7-16(19,15(20)21)10-14(11)13;16-5-7-19(8-6-17)13-2-1-11-3-4-15(18,14(20)21)10-12(11)9-13;16-15(14(20)21)4-3-11-1-2-13(9-12(11)10-15)17(5-7-18)6-8-19;15-6-8-18(9-7-16)12-5-4-11-2-1-3-14(17)13(11)10-12;13-12(11(14)15)6-7-5-10(12)9-4-2-1-3-8(7)9;11-10(9(12)13)5-7-3-1-2-4-8(7)6-10;2-1-3/h1-2,9,11H,3-8,10,19H2,(H,20,21);1-3,12H,4-10,19H2,(H,20,21);1-2,9H,3-8,10,18H2,(H,20,21);1-2,9,18-19H,3-8,10,16H2,(H,20,21);4-5,10,14H,1-3,6-9,17H2;1-4,7,10H,5-6,13H2,(H,14,15);1-4H,5-6,11H2,(H,12,13);. The number of aliphatic carboxylic acids is 6. The summed E-state index contributed by atoms with van der Waals surface area (Å²) >= 11 is 46.9. The molecule has 26 nitrogen and oxygen atoms in total. The molecule has 0 heterocycles. The molecule has 0 amide bonds. The Labute approximate surface area is 818 Å². The molecule has 34 heteroatoms. The molecule has 15 rings (SSSR count). The minimum atomic E-state index is -1.20. The quantitative estimate of drug-likeness (QED) is 0.0179. The lowest BCUT2D eigenvalue weighted by molar-refractivity contribution is -0.192. The number of rotatable bonds is 31. The van der Waals surface area contributed by atoms with Gasteiger partial charge in [0, 0.05) is 154 Å². The third-order valence-electron chi connectivity index (χ3n) is 27.0. The number of aliphatic hydroxyl groups excluding tert-OH is 2. The highest BCUT2D eigenvalue weighted by Crippen LogP contribution is 2.57. The number of hydrogen-bond donors (Lipinski definition) is 15. The molecule has 2 bridgehead atoms. The number of alkyl halides is 8. The van der Waals surface area contributed by atoms with E-state index in [1.165, 1.54) is 56.6 Å². The van der Waals surface area contributed by atoms with Crippen molar-refractivity contribution >= 4 is 152 Å². The zero-order chi connectivity index (χ0) is 97.6. The first-order valence-electron chi connectivity index (χ1n) is 45.0. The van der Waals surface area contributed by atoms with Crippen LogP contribution in [0.1, 0.15) is 196 Å². The van der Waals surface area contributed by atoms with Crippen molar-refractivity contribution in [3.63, 3.8) is 0 Å². The molecular formula is C99H128Cl8N10O16. The number of anilines is 3. The van der Waals surface area contributed by atoms with Crippen molar-refractivity contribution in [3.8, 4) is 0 Å². The summed E-state index contributed by atoms with van der Waals surface area (Å²) in [5, 5.41) is 73.5. The lowest BCUT2D eigenvalue weighted by Crippen LogP contribution is -2.52. The Hall–Kier alpha value is -7.90. The van der Waals surface area contributed by atoms with Gasteiger partial charge in [-0.3, -0.25) is 28.8 Å². The summed E-state index contributed by atoms with van der Waals surface area (Å²) in [6.45, 7) is 3.89. The van der Waals surface area contributed by atoms with Gasteiger partial charge in [-0.15, -0.1) is 92.8 Å². The highest BCUT2D eigenvalue weighted by atomic mass is 35.5. The molecule has 7 aromatic carbocycles. The topological polar surface area (TPSA) is 490 Å². The number of carbonyl (C=O) groups excluding carboxylic acids is 2. The van der Waals surface area contributed by atoms with Gasteiger partial charge in [-0.1, -0.05) is 103 Å². The Morgan fingerprint density at radius 1 is 0.376 bits per heavy atom. The summed E-state index contributed by atoms with van der Waals surface area (Å²) in [4.78, 5) is 89.9. The van der Waals surface area contributed by atoms with Gasteiger partial charge in [-0.25, -0.2) is 0 Å².